The van der Waals surface area contributed by atoms with E-state index in [1.807, 2.05) is 18.2 Å². The minimum atomic E-state index is -0.251. The van der Waals surface area contributed by atoms with Crippen LogP contribution in [0.15, 0.2) is 46.9 Å². The van der Waals surface area contributed by atoms with Crippen molar-refractivity contribution in [1.29, 1.82) is 0 Å². The first-order valence-corrected chi connectivity index (χ1v) is 12.3. The maximum absolute atomic E-state index is 12.8. The number of carbonyl (C=O) groups is 1. The topological polar surface area (TPSA) is 60.7 Å². The zero-order chi connectivity index (χ0) is 25.4. The molecule has 0 saturated carbocycles. The Morgan fingerprint density at radius 1 is 0.914 bits per heavy atom. The number of ether oxygens (including phenoxy) is 2. The Morgan fingerprint density at radius 3 is 2.26 bits per heavy atom. The molecule has 1 heterocycles. The van der Waals surface area contributed by atoms with Crippen LogP contribution in [0, 0.1) is 6.92 Å². The summed E-state index contributed by atoms with van der Waals surface area (Å²) in [5.41, 5.74) is 6.63. The monoisotopic (exact) mass is 475 g/mol. The van der Waals surface area contributed by atoms with Crippen LogP contribution in [-0.2, 0) is 23.8 Å². The Balaban J connectivity index is 1.48. The second-order valence-corrected chi connectivity index (χ2v) is 10.9. The third kappa shape index (κ3) is 5.09. The van der Waals surface area contributed by atoms with Crippen LogP contribution in [0.1, 0.15) is 84.7 Å². The Kier molecular flexibility index (Phi) is 6.72. The second-order valence-electron chi connectivity index (χ2n) is 10.9. The van der Waals surface area contributed by atoms with E-state index in [0.29, 0.717) is 30.2 Å². The number of methoxy groups -OCH3 is 2. The molecular weight excluding hydrogens is 438 g/mol. The molecule has 0 aliphatic heterocycles. The van der Waals surface area contributed by atoms with Crippen molar-refractivity contribution in [3.8, 4) is 11.5 Å². The van der Waals surface area contributed by atoms with E-state index >= 15 is 0 Å². The standard InChI is InChI=1S/C30H37NO4/c1-19-14-24-25(30(4,5)13-12-29(24,2)3)16-21(19)15-23-10-11-26(35-23)28(32)31-18-20-8-9-22(33-6)17-27(20)34-7/h8-11,14,16-17H,12-13,15,18H2,1-7H3,(H,31,32). The van der Waals surface area contributed by atoms with Gasteiger partial charge in [-0.2, -0.15) is 0 Å². The molecule has 0 fully saturated rings. The molecule has 4 rings (SSSR count). The lowest BCUT2D eigenvalue weighted by molar-refractivity contribution is 0.0921. The van der Waals surface area contributed by atoms with E-state index in [4.69, 9.17) is 13.9 Å². The van der Waals surface area contributed by atoms with Crippen molar-refractivity contribution in [2.24, 2.45) is 0 Å². The smallest absolute Gasteiger partial charge is 0.287 e. The van der Waals surface area contributed by atoms with Gasteiger partial charge in [-0.25, -0.2) is 0 Å². The van der Waals surface area contributed by atoms with Crippen molar-refractivity contribution in [3.05, 3.63) is 81.8 Å². The largest absolute Gasteiger partial charge is 0.497 e. The summed E-state index contributed by atoms with van der Waals surface area (Å²) in [6, 6.07) is 13.9. The molecule has 186 valence electrons. The van der Waals surface area contributed by atoms with Gasteiger partial charge < -0.3 is 19.2 Å². The molecule has 0 saturated heterocycles. The zero-order valence-corrected chi connectivity index (χ0v) is 22.0. The summed E-state index contributed by atoms with van der Waals surface area (Å²) >= 11 is 0. The minimum Gasteiger partial charge on any atom is -0.497 e. The van der Waals surface area contributed by atoms with Crippen LogP contribution >= 0.6 is 0 Å². The third-order valence-electron chi connectivity index (χ3n) is 7.49. The SMILES string of the molecule is COc1ccc(CNC(=O)c2ccc(Cc3cc4c(cc3C)C(C)(C)CCC4(C)C)o2)c(OC)c1. The number of carbonyl (C=O) groups excluding carboxylic acids is 1. The zero-order valence-electron chi connectivity index (χ0n) is 22.0. The first kappa shape index (κ1) is 24.9. The lowest BCUT2D eigenvalue weighted by atomic mass is 9.62. The fraction of sp³-hybridized carbons (Fsp3) is 0.433. The number of amides is 1. The summed E-state index contributed by atoms with van der Waals surface area (Å²) in [6.45, 7) is 11.9. The highest BCUT2D eigenvalue weighted by Gasteiger charge is 2.37. The molecule has 0 radical (unpaired) electrons. The van der Waals surface area contributed by atoms with E-state index in [1.54, 1.807) is 26.4 Å². The Labute approximate surface area is 208 Å². The van der Waals surface area contributed by atoms with Crippen LogP contribution in [0.5, 0.6) is 11.5 Å². The van der Waals surface area contributed by atoms with Crippen LogP contribution in [0.2, 0.25) is 0 Å². The van der Waals surface area contributed by atoms with Crippen molar-refractivity contribution < 1.29 is 18.7 Å². The molecule has 1 aliphatic rings. The number of fused-ring (bicyclic) bond motifs is 1. The van der Waals surface area contributed by atoms with Crippen molar-refractivity contribution in [1.82, 2.24) is 5.32 Å². The van der Waals surface area contributed by atoms with E-state index in [-0.39, 0.29) is 16.7 Å². The van der Waals surface area contributed by atoms with Gasteiger partial charge in [0.2, 0.25) is 0 Å². The summed E-state index contributed by atoms with van der Waals surface area (Å²) in [7, 11) is 3.21. The van der Waals surface area contributed by atoms with Crippen LogP contribution in [0.25, 0.3) is 0 Å². The number of nitrogens with one attached hydrogen (secondary N) is 1. The molecule has 5 nitrogen and oxygen atoms in total. The molecule has 2 aromatic carbocycles. The molecule has 0 bridgehead atoms. The van der Waals surface area contributed by atoms with Crippen molar-refractivity contribution in [2.75, 3.05) is 14.2 Å². The maximum Gasteiger partial charge on any atom is 0.287 e. The van der Waals surface area contributed by atoms with Gasteiger partial charge in [0, 0.05) is 24.6 Å². The summed E-state index contributed by atoms with van der Waals surface area (Å²) in [5, 5.41) is 2.92. The van der Waals surface area contributed by atoms with Crippen molar-refractivity contribution >= 4 is 5.91 Å². The number of furan rings is 1. The number of aryl methyl sites for hydroxylation is 1. The molecule has 0 unspecified atom stereocenters. The van der Waals surface area contributed by atoms with E-state index in [0.717, 1.165) is 11.3 Å². The van der Waals surface area contributed by atoms with Gasteiger partial charge in [-0.15, -0.1) is 0 Å². The predicted molar refractivity (Wildman–Crippen MR) is 139 cm³/mol. The fourth-order valence-corrected chi connectivity index (χ4v) is 5.00. The molecule has 1 N–H and O–H groups in total. The van der Waals surface area contributed by atoms with Gasteiger partial charge in [0.25, 0.3) is 5.91 Å². The molecule has 0 atom stereocenters. The summed E-state index contributed by atoms with van der Waals surface area (Å²) in [4.78, 5) is 12.8. The van der Waals surface area contributed by atoms with Gasteiger partial charge in [0.15, 0.2) is 5.76 Å². The quantitative estimate of drug-likeness (QED) is 0.425. The maximum atomic E-state index is 12.8. The summed E-state index contributed by atoms with van der Waals surface area (Å²) in [5.74, 6) is 2.22. The van der Waals surface area contributed by atoms with Gasteiger partial charge in [0.1, 0.15) is 17.3 Å². The van der Waals surface area contributed by atoms with E-state index in [1.165, 1.54) is 35.1 Å². The molecule has 0 spiro atoms. The second kappa shape index (κ2) is 9.44. The Morgan fingerprint density at radius 2 is 1.60 bits per heavy atom. The van der Waals surface area contributed by atoms with Crippen molar-refractivity contribution in [3.63, 3.8) is 0 Å². The first-order chi connectivity index (χ1) is 16.5. The highest BCUT2D eigenvalue weighted by atomic mass is 16.5. The van der Waals surface area contributed by atoms with Gasteiger partial charge >= 0.3 is 0 Å². The lowest BCUT2D eigenvalue weighted by Crippen LogP contribution is -2.34. The average Bonchev–Trinajstić information content (AvgIpc) is 3.30. The van der Waals surface area contributed by atoms with Gasteiger partial charge in [-0.1, -0.05) is 39.8 Å². The van der Waals surface area contributed by atoms with Crippen molar-refractivity contribution in [2.45, 2.75) is 71.3 Å². The molecule has 1 aliphatic carbocycles. The lowest BCUT2D eigenvalue weighted by Gasteiger charge is -2.42. The summed E-state index contributed by atoms with van der Waals surface area (Å²) in [6.07, 6.45) is 3.04. The third-order valence-corrected chi connectivity index (χ3v) is 7.49. The number of rotatable bonds is 7. The Bertz CT molecular complexity index is 1240. The number of benzene rings is 2. The molecule has 1 amide bonds. The van der Waals surface area contributed by atoms with Gasteiger partial charge in [-0.05, 0) is 77.1 Å². The highest BCUT2D eigenvalue weighted by Crippen LogP contribution is 2.46. The fourth-order valence-electron chi connectivity index (χ4n) is 5.00. The van der Waals surface area contributed by atoms with E-state index < -0.39 is 0 Å². The normalized spacial score (nSPS) is 15.9. The highest BCUT2D eigenvalue weighted by molar-refractivity contribution is 5.91. The van der Waals surface area contributed by atoms with E-state index in [9.17, 15) is 4.79 Å². The number of hydrogen-bond acceptors (Lipinski definition) is 4. The molecule has 35 heavy (non-hydrogen) atoms. The van der Waals surface area contributed by atoms with Crippen LogP contribution < -0.4 is 14.8 Å². The average molecular weight is 476 g/mol. The molecular formula is C30H37NO4. The van der Waals surface area contributed by atoms with Crippen LogP contribution in [0.3, 0.4) is 0 Å². The van der Waals surface area contributed by atoms with Crippen LogP contribution in [-0.4, -0.2) is 20.1 Å². The summed E-state index contributed by atoms with van der Waals surface area (Å²) < 4.78 is 16.6. The minimum absolute atomic E-state index is 0.157. The predicted octanol–water partition coefficient (Wildman–Crippen LogP) is 6.48. The van der Waals surface area contributed by atoms with Crippen LogP contribution in [0.4, 0.5) is 0 Å². The van der Waals surface area contributed by atoms with Gasteiger partial charge in [0.05, 0.1) is 14.2 Å². The molecule has 1 aromatic heterocycles. The van der Waals surface area contributed by atoms with E-state index in [2.05, 4.69) is 52.1 Å². The number of hydrogen-bond donors (Lipinski definition) is 1. The first-order valence-electron chi connectivity index (χ1n) is 12.3. The molecule has 3 aromatic rings. The molecule has 5 heteroatoms. The van der Waals surface area contributed by atoms with Gasteiger partial charge in [-0.3, -0.25) is 4.79 Å². The Hall–Kier alpha value is -3.21.